The Hall–Kier alpha value is -2.18. The van der Waals surface area contributed by atoms with E-state index in [2.05, 4.69) is 11.2 Å². The van der Waals surface area contributed by atoms with E-state index in [1.807, 2.05) is 39.9 Å². The number of nitrogens with zero attached hydrogens (tertiary/aromatic N) is 3. The van der Waals surface area contributed by atoms with Gasteiger partial charge in [0.25, 0.3) is 5.91 Å². The van der Waals surface area contributed by atoms with E-state index in [-0.39, 0.29) is 11.9 Å². The number of ether oxygens (including phenoxy) is 1. The van der Waals surface area contributed by atoms with Gasteiger partial charge >= 0.3 is 0 Å². The van der Waals surface area contributed by atoms with Crippen molar-refractivity contribution in [2.24, 2.45) is 0 Å². The Labute approximate surface area is 138 Å². The van der Waals surface area contributed by atoms with Crippen molar-refractivity contribution in [3.05, 3.63) is 53.2 Å². The van der Waals surface area contributed by atoms with E-state index in [1.165, 1.54) is 0 Å². The highest BCUT2D eigenvalue weighted by atomic mass is 32.1. The van der Waals surface area contributed by atoms with Gasteiger partial charge in [-0.1, -0.05) is 18.2 Å². The summed E-state index contributed by atoms with van der Waals surface area (Å²) in [6, 6.07) is 12.1. The van der Waals surface area contributed by atoms with Crippen LogP contribution in [0, 0.1) is 0 Å². The van der Waals surface area contributed by atoms with E-state index in [9.17, 15) is 4.79 Å². The van der Waals surface area contributed by atoms with Gasteiger partial charge in [-0.15, -0.1) is 11.3 Å². The predicted octanol–water partition coefficient (Wildman–Crippen LogP) is 2.94. The van der Waals surface area contributed by atoms with Gasteiger partial charge in [-0.25, -0.2) is 0 Å². The topological polar surface area (TPSA) is 47.4 Å². The Bertz CT molecular complexity index is 821. The van der Waals surface area contributed by atoms with Crippen LogP contribution in [0.15, 0.2) is 42.6 Å². The van der Waals surface area contributed by atoms with E-state index in [4.69, 9.17) is 4.74 Å². The molecule has 1 aliphatic rings. The van der Waals surface area contributed by atoms with Crippen molar-refractivity contribution in [1.29, 1.82) is 0 Å². The first-order chi connectivity index (χ1) is 11.3. The number of benzene rings is 1. The van der Waals surface area contributed by atoms with Crippen LogP contribution in [0.1, 0.15) is 21.4 Å². The molecule has 0 saturated heterocycles. The quantitative estimate of drug-likeness (QED) is 0.743. The zero-order chi connectivity index (χ0) is 15.8. The maximum Gasteiger partial charge on any atom is 0.264 e. The molecule has 6 heteroatoms. The van der Waals surface area contributed by atoms with Crippen molar-refractivity contribution in [1.82, 2.24) is 14.7 Å². The molecule has 4 rings (SSSR count). The summed E-state index contributed by atoms with van der Waals surface area (Å²) in [5, 5.41) is 5.48. The molecule has 0 saturated carbocycles. The predicted molar refractivity (Wildman–Crippen MR) is 89.7 cm³/mol. The number of hydrogen-bond acceptors (Lipinski definition) is 4. The molecule has 2 aromatic heterocycles. The lowest BCUT2D eigenvalue weighted by atomic mass is 10.2. The fourth-order valence-corrected chi connectivity index (χ4v) is 4.13. The number of thiophene rings is 1. The lowest BCUT2D eigenvalue weighted by Crippen LogP contribution is -2.42. The monoisotopic (exact) mass is 327 g/mol. The second kappa shape index (κ2) is 5.79. The largest absolute Gasteiger partial charge is 0.382 e. The summed E-state index contributed by atoms with van der Waals surface area (Å²) in [6.07, 6.45) is 1.78. The van der Waals surface area contributed by atoms with E-state index in [0.29, 0.717) is 19.7 Å². The van der Waals surface area contributed by atoms with Crippen LogP contribution in [0.5, 0.6) is 0 Å². The van der Waals surface area contributed by atoms with Gasteiger partial charge in [-0.2, -0.15) is 5.10 Å². The number of methoxy groups -OCH3 is 1. The van der Waals surface area contributed by atoms with Crippen LogP contribution in [0.2, 0.25) is 0 Å². The molecule has 23 heavy (non-hydrogen) atoms. The number of aromatic nitrogens is 2. The molecule has 1 amide bonds. The van der Waals surface area contributed by atoms with E-state index in [0.717, 1.165) is 20.7 Å². The second-order valence-corrected chi connectivity index (χ2v) is 6.79. The summed E-state index contributed by atoms with van der Waals surface area (Å²) >= 11 is 1.55. The van der Waals surface area contributed by atoms with Crippen molar-refractivity contribution >= 4 is 27.3 Å². The molecule has 0 spiro atoms. The van der Waals surface area contributed by atoms with Crippen molar-refractivity contribution < 1.29 is 9.53 Å². The summed E-state index contributed by atoms with van der Waals surface area (Å²) in [5.41, 5.74) is 1.05. The Morgan fingerprint density at radius 2 is 2.26 bits per heavy atom. The minimum Gasteiger partial charge on any atom is -0.382 e. The van der Waals surface area contributed by atoms with Crippen LogP contribution in [0.3, 0.4) is 0 Å². The number of amides is 1. The van der Waals surface area contributed by atoms with Gasteiger partial charge in [0.05, 0.1) is 29.8 Å². The Morgan fingerprint density at radius 3 is 3.09 bits per heavy atom. The molecule has 0 aliphatic carbocycles. The maximum atomic E-state index is 12.9. The molecule has 118 valence electrons. The van der Waals surface area contributed by atoms with Crippen LogP contribution in [0.25, 0.3) is 10.1 Å². The average Bonchev–Trinajstić information content (AvgIpc) is 3.20. The highest BCUT2D eigenvalue weighted by Crippen LogP contribution is 2.28. The summed E-state index contributed by atoms with van der Waals surface area (Å²) in [6.45, 7) is 1.76. The van der Waals surface area contributed by atoms with E-state index >= 15 is 0 Å². The maximum absolute atomic E-state index is 12.9. The molecular weight excluding hydrogens is 310 g/mol. The molecule has 5 nitrogen and oxygen atoms in total. The van der Waals surface area contributed by atoms with Crippen LogP contribution in [-0.4, -0.2) is 40.8 Å². The molecule has 0 radical (unpaired) electrons. The third kappa shape index (κ3) is 2.54. The highest BCUT2D eigenvalue weighted by Gasteiger charge is 2.29. The van der Waals surface area contributed by atoms with Gasteiger partial charge < -0.3 is 9.64 Å². The normalized spacial score (nSPS) is 17.4. The lowest BCUT2D eigenvalue weighted by molar-refractivity contribution is 0.0583. The number of carbonyl (C=O) groups excluding carboxylic acids is 1. The highest BCUT2D eigenvalue weighted by molar-refractivity contribution is 7.20. The number of hydrogen-bond donors (Lipinski definition) is 0. The fourth-order valence-electron chi connectivity index (χ4n) is 3.10. The van der Waals surface area contributed by atoms with E-state index in [1.54, 1.807) is 24.6 Å². The van der Waals surface area contributed by atoms with Gasteiger partial charge in [-0.05, 0) is 23.6 Å². The molecule has 1 aromatic carbocycles. The molecule has 1 aliphatic heterocycles. The third-order valence-electron chi connectivity index (χ3n) is 4.16. The molecule has 3 heterocycles. The molecule has 0 N–H and O–H groups in total. The summed E-state index contributed by atoms with van der Waals surface area (Å²) in [7, 11) is 1.68. The minimum absolute atomic E-state index is 0.0667. The smallest absolute Gasteiger partial charge is 0.264 e. The van der Waals surface area contributed by atoms with Gasteiger partial charge in [-0.3, -0.25) is 9.48 Å². The molecule has 0 fully saturated rings. The van der Waals surface area contributed by atoms with Crippen molar-refractivity contribution in [2.45, 2.75) is 12.6 Å². The first-order valence-corrected chi connectivity index (χ1v) is 8.37. The Morgan fingerprint density at radius 1 is 1.39 bits per heavy atom. The Balaban J connectivity index is 1.63. The van der Waals surface area contributed by atoms with Crippen molar-refractivity contribution in [3.63, 3.8) is 0 Å². The second-order valence-electron chi connectivity index (χ2n) is 5.71. The molecule has 1 unspecified atom stereocenters. The van der Waals surface area contributed by atoms with Crippen LogP contribution < -0.4 is 0 Å². The minimum atomic E-state index is 0.0667. The zero-order valence-corrected chi connectivity index (χ0v) is 13.6. The van der Waals surface area contributed by atoms with Crippen LogP contribution in [-0.2, 0) is 11.3 Å². The summed E-state index contributed by atoms with van der Waals surface area (Å²) in [5.74, 6) is 0.0831. The lowest BCUT2D eigenvalue weighted by Gasteiger charge is -2.33. The van der Waals surface area contributed by atoms with Gasteiger partial charge in [0.1, 0.15) is 0 Å². The first-order valence-electron chi connectivity index (χ1n) is 7.55. The number of carbonyl (C=O) groups is 1. The average molecular weight is 327 g/mol. The standard InChI is InChI=1S/C17H17N3O2S/c1-22-11-14-10-19(9-13-6-7-18-20(13)14)17(21)16-8-12-4-2-3-5-15(12)23-16/h2-8,14H,9-11H2,1H3. The van der Waals surface area contributed by atoms with Crippen LogP contribution >= 0.6 is 11.3 Å². The Kier molecular flexibility index (Phi) is 3.63. The number of rotatable bonds is 3. The molecular formula is C17H17N3O2S. The van der Waals surface area contributed by atoms with Gasteiger partial charge in [0.2, 0.25) is 0 Å². The van der Waals surface area contributed by atoms with Crippen molar-refractivity contribution in [2.75, 3.05) is 20.3 Å². The number of fused-ring (bicyclic) bond motifs is 2. The third-order valence-corrected chi connectivity index (χ3v) is 5.27. The summed E-state index contributed by atoms with van der Waals surface area (Å²) < 4.78 is 8.41. The fraction of sp³-hybridized carbons (Fsp3) is 0.294. The first kappa shape index (κ1) is 14.4. The SMILES string of the molecule is COCC1CN(C(=O)c2cc3ccccc3s2)Cc2ccnn21. The molecule has 3 aromatic rings. The summed E-state index contributed by atoms with van der Waals surface area (Å²) in [4.78, 5) is 15.6. The zero-order valence-electron chi connectivity index (χ0n) is 12.8. The van der Waals surface area contributed by atoms with Crippen LogP contribution in [0.4, 0.5) is 0 Å². The van der Waals surface area contributed by atoms with E-state index < -0.39 is 0 Å². The van der Waals surface area contributed by atoms with Gasteiger partial charge in [0, 0.05) is 24.6 Å². The molecule has 0 bridgehead atoms. The van der Waals surface area contributed by atoms with Crippen molar-refractivity contribution in [3.8, 4) is 0 Å². The van der Waals surface area contributed by atoms with Gasteiger partial charge in [0.15, 0.2) is 0 Å². The molecule has 1 atom stereocenters.